The van der Waals surface area contributed by atoms with Gasteiger partial charge in [-0.15, -0.1) is 15.3 Å². The monoisotopic (exact) mass is 483 g/mol. The maximum Gasteiger partial charge on any atom is 0.292 e. The molecule has 0 aliphatic rings. The summed E-state index contributed by atoms with van der Waals surface area (Å²) in [7, 11) is 1.81. The molecule has 0 fully saturated rings. The highest BCUT2D eigenvalue weighted by molar-refractivity contribution is 7.98. The van der Waals surface area contributed by atoms with Gasteiger partial charge in [-0.05, 0) is 29.4 Å². The first-order chi connectivity index (χ1) is 16.5. The van der Waals surface area contributed by atoms with Gasteiger partial charge >= 0.3 is 0 Å². The number of hydrazine groups is 1. The third kappa shape index (κ3) is 4.68. The van der Waals surface area contributed by atoms with Crippen molar-refractivity contribution < 1.29 is 14.2 Å². The van der Waals surface area contributed by atoms with Crippen molar-refractivity contribution >= 4 is 29.2 Å². The SMILES string of the molecule is C=C(NNC(=O)c1nnn(-c2nonc2N)c1CSc1nncn1C)c1ccccc1OCC. The number of carbonyl (C=O) groups is 1. The molecule has 3 heterocycles. The fourth-order valence-electron chi connectivity index (χ4n) is 2.91. The van der Waals surface area contributed by atoms with Gasteiger partial charge in [0, 0.05) is 18.4 Å². The number of amides is 1. The van der Waals surface area contributed by atoms with Crippen molar-refractivity contribution in [3.8, 4) is 11.6 Å². The molecular formula is C19H21N11O3S. The Morgan fingerprint density at radius 1 is 1.26 bits per heavy atom. The van der Waals surface area contributed by atoms with Crippen molar-refractivity contribution in [1.82, 2.24) is 50.9 Å². The van der Waals surface area contributed by atoms with Crippen LogP contribution in [0.25, 0.3) is 11.5 Å². The van der Waals surface area contributed by atoms with Crippen LogP contribution in [0.4, 0.5) is 5.82 Å². The Morgan fingerprint density at radius 2 is 2.09 bits per heavy atom. The van der Waals surface area contributed by atoms with Gasteiger partial charge in [0.25, 0.3) is 5.91 Å². The van der Waals surface area contributed by atoms with E-state index in [0.717, 1.165) is 0 Å². The molecule has 15 heteroatoms. The number of hydrogen-bond acceptors (Lipinski definition) is 12. The van der Waals surface area contributed by atoms with Crippen molar-refractivity contribution in [2.24, 2.45) is 7.05 Å². The molecule has 0 aliphatic carbocycles. The van der Waals surface area contributed by atoms with E-state index in [9.17, 15) is 4.79 Å². The lowest BCUT2D eigenvalue weighted by atomic mass is 10.1. The number of aromatic nitrogens is 8. The summed E-state index contributed by atoms with van der Waals surface area (Å²) in [6.07, 6.45) is 1.57. The highest BCUT2D eigenvalue weighted by Crippen LogP contribution is 2.25. The molecule has 0 saturated carbocycles. The number of nitrogens with one attached hydrogen (secondary N) is 2. The molecule has 34 heavy (non-hydrogen) atoms. The van der Waals surface area contributed by atoms with Gasteiger partial charge in [0.2, 0.25) is 11.6 Å². The number of thioether (sulfide) groups is 1. The average Bonchev–Trinajstić information content (AvgIpc) is 3.56. The van der Waals surface area contributed by atoms with E-state index in [2.05, 4.69) is 52.9 Å². The van der Waals surface area contributed by atoms with Crippen LogP contribution in [0.5, 0.6) is 5.75 Å². The number of nitrogens with two attached hydrogens (primary N) is 1. The third-order valence-corrected chi connectivity index (χ3v) is 5.57. The van der Waals surface area contributed by atoms with Crippen molar-refractivity contribution in [3.05, 3.63) is 54.1 Å². The summed E-state index contributed by atoms with van der Waals surface area (Å²) in [5, 5.41) is 23.9. The highest BCUT2D eigenvalue weighted by atomic mass is 32.2. The minimum atomic E-state index is -0.551. The predicted octanol–water partition coefficient (Wildman–Crippen LogP) is 0.957. The molecule has 1 amide bonds. The van der Waals surface area contributed by atoms with Crippen LogP contribution in [-0.4, -0.2) is 52.6 Å². The Hall–Kier alpha value is -4.40. The van der Waals surface area contributed by atoms with Crippen LogP contribution >= 0.6 is 11.8 Å². The molecule has 0 saturated heterocycles. The summed E-state index contributed by atoms with van der Waals surface area (Å²) >= 11 is 1.32. The maximum absolute atomic E-state index is 13.0. The first-order valence-corrected chi connectivity index (χ1v) is 10.9. The summed E-state index contributed by atoms with van der Waals surface area (Å²) in [4.78, 5) is 13.0. The van der Waals surface area contributed by atoms with Gasteiger partial charge in [0.05, 0.1) is 18.0 Å². The second-order valence-electron chi connectivity index (χ2n) is 6.77. The molecule has 1 aromatic carbocycles. The van der Waals surface area contributed by atoms with Crippen LogP contribution in [0.15, 0.2) is 47.0 Å². The lowest BCUT2D eigenvalue weighted by Gasteiger charge is -2.14. The fraction of sp³-hybridized carbons (Fsp3) is 0.211. The number of benzene rings is 1. The highest BCUT2D eigenvalue weighted by Gasteiger charge is 2.25. The standard InChI is InChI=1S/C19H21N11O3S/c1-4-32-14-8-6-5-7-12(14)11(2)22-24-18(31)15-13(9-34-19-25-21-10-29(19)3)30(28-23-15)17-16(20)26-33-27-17/h5-8,10,22H,2,4,9H2,1,3H3,(H2,20,26)(H,24,31). The summed E-state index contributed by atoms with van der Waals surface area (Å²) in [5.41, 5.74) is 12.8. The Labute approximate surface area is 197 Å². The number of aryl methyl sites for hydroxylation is 1. The van der Waals surface area contributed by atoms with E-state index in [-0.39, 0.29) is 23.1 Å². The quantitative estimate of drug-likeness (QED) is 0.215. The van der Waals surface area contributed by atoms with E-state index in [1.165, 1.54) is 16.4 Å². The predicted molar refractivity (Wildman–Crippen MR) is 121 cm³/mol. The number of nitrogen functional groups attached to an aromatic ring is 1. The molecule has 4 N–H and O–H groups in total. The van der Waals surface area contributed by atoms with Crippen LogP contribution in [0.1, 0.15) is 28.7 Å². The fourth-order valence-corrected chi connectivity index (χ4v) is 3.79. The third-order valence-electron chi connectivity index (χ3n) is 4.52. The molecule has 14 nitrogen and oxygen atoms in total. The zero-order chi connectivity index (χ0) is 24.1. The van der Waals surface area contributed by atoms with E-state index < -0.39 is 5.91 Å². The normalized spacial score (nSPS) is 10.8. The minimum absolute atomic E-state index is 0.000741. The first-order valence-electron chi connectivity index (χ1n) is 9.96. The van der Waals surface area contributed by atoms with Crippen LogP contribution in [0, 0.1) is 0 Å². The topological polar surface area (TPSA) is 177 Å². The molecule has 0 spiro atoms. The lowest BCUT2D eigenvalue weighted by Crippen LogP contribution is -2.36. The molecule has 0 bridgehead atoms. The van der Waals surface area contributed by atoms with Gasteiger partial charge in [-0.25, -0.2) is 4.63 Å². The van der Waals surface area contributed by atoms with Crippen LogP contribution in [-0.2, 0) is 12.8 Å². The van der Waals surface area contributed by atoms with Crippen LogP contribution in [0.3, 0.4) is 0 Å². The second kappa shape index (κ2) is 10.0. The smallest absolute Gasteiger partial charge is 0.292 e. The van der Waals surface area contributed by atoms with Crippen molar-refractivity contribution in [2.45, 2.75) is 17.8 Å². The Balaban J connectivity index is 1.55. The summed E-state index contributed by atoms with van der Waals surface area (Å²) in [5.74, 6) is 0.453. The minimum Gasteiger partial charge on any atom is -0.493 e. The van der Waals surface area contributed by atoms with Crippen LogP contribution < -0.4 is 21.3 Å². The zero-order valence-electron chi connectivity index (χ0n) is 18.3. The number of rotatable bonds is 10. The zero-order valence-corrected chi connectivity index (χ0v) is 19.1. The molecule has 4 aromatic rings. The molecule has 176 valence electrons. The van der Waals surface area contributed by atoms with Gasteiger partial charge < -0.3 is 15.0 Å². The van der Waals surface area contributed by atoms with E-state index in [4.69, 9.17) is 10.5 Å². The molecule has 0 atom stereocenters. The van der Waals surface area contributed by atoms with Gasteiger partial charge in [0.1, 0.15) is 12.1 Å². The average molecular weight is 484 g/mol. The second-order valence-corrected chi connectivity index (χ2v) is 7.71. The van der Waals surface area contributed by atoms with Gasteiger partial charge in [0.15, 0.2) is 10.9 Å². The summed E-state index contributed by atoms with van der Waals surface area (Å²) in [6.45, 7) is 6.35. The number of nitrogens with zero attached hydrogens (tertiary/aromatic N) is 8. The number of anilines is 1. The van der Waals surface area contributed by atoms with Gasteiger partial charge in [-0.1, -0.05) is 35.7 Å². The first kappa shape index (κ1) is 22.8. The van der Waals surface area contributed by atoms with E-state index in [1.807, 2.05) is 31.2 Å². The summed E-state index contributed by atoms with van der Waals surface area (Å²) in [6, 6.07) is 7.34. The largest absolute Gasteiger partial charge is 0.493 e. The van der Waals surface area contributed by atoms with Crippen LogP contribution in [0.2, 0.25) is 0 Å². The summed E-state index contributed by atoms with van der Waals surface area (Å²) < 4.78 is 13.3. The van der Waals surface area contributed by atoms with E-state index >= 15 is 0 Å². The van der Waals surface area contributed by atoms with Crippen molar-refractivity contribution in [2.75, 3.05) is 12.3 Å². The Kier molecular flexibility index (Phi) is 6.72. The molecule has 4 rings (SSSR count). The van der Waals surface area contributed by atoms with Crippen molar-refractivity contribution in [3.63, 3.8) is 0 Å². The lowest BCUT2D eigenvalue weighted by molar-refractivity contribution is 0.0936. The van der Waals surface area contributed by atoms with E-state index in [0.29, 0.717) is 34.5 Å². The van der Waals surface area contributed by atoms with Gasteiger partial charge in [-0.2, -0.15) is 4.68 Å². The maximum atomic E-state index is 13.0. The Bertz CT molecular complexity index is 1310. The van der Waals surface area contributed by atoms with Gasteiger partial charge in [-0.3, -0.25) is 15.6 Å². The molecule has 0 radical (unpaired) electrons. The van der Waals surface area contributed by atoms with E-state index in [1.54, 1.807) is 17.9 Å². The molecule has 0 aliphatic heterocycles. The number of ether oxygens (including phenoxy) is 1. The number of hydrogen-bond donors (Lipinski definition) is 3. The number of carbonyl (C=O) groups excluding carboxylic acids is 1. The molecule has 3 aromatic heterocycles. The van der Waals surface area contributed by atoms with Crippen molar-refractivity contribution in [1.29, 1.82) is 0 Å². The number of para-hydroxylation sites is 1. The molecule has 0 unspecified atom stereocenters. The Morgan fingerprint density at radius 3 is 2.79 bits per heavy atom. The molecular weight excluding hydrogens is 462 g/mol.